The first-order valence-corrected chi connectivity index (χ1v) is 17.7. The molecule has 0 unspecified atom stereocenters. The van der Waals surface area contributed by atoms with Gasteiger partial charge in [0.15, 0.2) is 0 Å². The van der Waals surface area contributed by atoms with Crippen molar-refractivity contribution in [3.05, 3.63) is 77.5 Å². The minimum Gasteiger partial charge on any atom is -0.375 e. The Labute approximate surface area is 267 Å². The topological polar surface area (TPSA) is 125 Å². The maximum Gasteiger partial charge on any atom is 0.149 e. The van der Waals surface area contributed by atoms with Gasteiger partial charge in [0, 0.05) is 68.5 Å². The number of pyridine rings is 1. The summed E-state index contributed by atoms with van der Waals surface area (Å²) in [6.07, 6.45) is 9.81. The van der Waals surface area contributed by atoms with Gasteiger partial charge in [0.1, 0.15) is 27.3 Å². The number of imidazole rings is 1. The summed E-state index contributed by atoms with van der Waals surface area (Å²) >= 11 is 0. The maximum absolute atomic E-state index is 15.6. The number of benzene rings is 1. The van der Waals surface area contributed by atoms with Crippen LogP contribution in [0.25, 0.3) is 16.8 Å². The number of rotatable bonds is 10. The molecule has 4 aromatic rings. The number of nitrogens with zero attached hydrogens (tertiary/aromatic N) is 5. The summed E-state index contributed by atoms with van der Waals surface area (Å²) in [5.74, 6) is -0.784. The highest BCUT2D eigenvalue weighted by Crippen LogP contribution is 2.43. The van der Waals surface area contributed by atoms with Gasteiger partial charge in [-0.1, -0.05) is 19.8 Å². The fourth-order valence-corrected chi connectivity index (χ4v) is 7.39. The molecule has 46 heavy (non-hydrogen) atoms. The average Bonchev–Trinajstić information content (AvgIpc) is 3.66. The Balaban J connectivity index is 1.25. The molecule has 2 N–H and O–H groups in total. The summed E-state index contributed by atoms with van der Waals surface area (Å²) < 4.78 is 67.5. The zero-order valence-corrected chi connectivity index (χ0v) is 27.1. The van der Waals surface area contributed by atoms with Gasteiger partial charge in [-0.3, -0.25) is 4.98 Å². The molecule has 246 valence electrons. The second-order valence-corrected chi connectivity index (χ2v) is 14.9. The Kier molecular flexibility index (Phi) is 9.12. The molecule has 1 saturated carbocycles. The van der Waals surface area contributed by atoms with Crippen molar-refractivity contribution >= 4 is 21.0 Å². The van der Waals surface area contributed by atoms with Crippen LogP contribution < -0.4 is 10.6 Å². The molecular weight excluding hydrogens is 614 g/mol. The molecular formula is C33H40F2N6O4S. The summed E-state index contributed by atoms with van der Waals surface area (Å²) in [7, 11) is -1.54. The van der Waals surface area contributed by atoms with Crippen LogP contribution in [0.2, 0.25) is 0 Å². The van der Waals surface area contributed by atoms with E-state index in [9.17, 15) is 8.42 Å². The van der Waals surface area contributed by atoms with Crippen molar-refractivity contribution in [2.45, 2.75) is 56.8 Å². The third-order valence-electron chi connectivity index (χ3n) is 9.33. The van der Waals surface area contributed by atoms with E-state index < -0.39 is 27.1 Å². The Morgan fingerprint density at radius 2 is 1.83 bits per heavy atom. The molecule has 4 heterocycles. The predicted molar refractivity (Wildman–Crippen MR) is 171 cm³/mol. The SMILES string of the molecule is COC1(c2cc(F)c(-c3ccc4cnc(Cc5cnccc5N5C[C@@H](N)[C@@H](OCCS(C)(=O)=O)[C@@H](C)C5)n4n3)c(F)c2)CCCC1. The highest BCUT2D eigenvalue weighted by molar-refractivity contribution is 7.90. The lowest BCUT2D eigenvalue weighted by atomic mass is 9.90. The second-order valence-electron chi connectivity index (χ2n) is 12.6. The number of hydrogen-bond acceptors (Lipinski definition) is 9. The van der Waals surface area contributed by atoms with Crippen LogP contribution in [0.5, 0.6) is 0 Å². The van der Waals surface area contributed by atoms with E-state index in [2.05, 4.69) is 20.0 Å². The molecule has 13 heteroatoms. The lowest BCUT2D eigenvalue weighted by Gasteiger charge is -2.42. The molecule has 0 spiro atoms. The molecule has 1 saturated heterocycles. The molecule has 2 aliphatic rings. The Morgan fingerprint density at radius 3 is 2.50 bits per heavy atom. The van der Waals surface area contributed by atoms with Gasteiger partial charge in [-0.2, -0.15) is 5.10 Å². The number of ether oxygens (including phenoxy) is 2. The fraction of sp³-hybridized carbons (Fsp3) is 0.485. The molecule has 3 aromatic heterocycles. The Morgan fingerprint density at radius 1 is 1.09 bits per heavy atom. The molecule has 6 rings (SSSR count). The van der Waals surface area contributed by atoms with Crippen molar-refractivity contribution < 1.29 is 26.7 Å². The largest absolute Gasteiger partial charge is 0.375 e. The molecule has 3 atom stereocenters. The van der Waals surface area contributed by atoms with Crippen LogP contribution in [0.15, 0.2) is 48.9 Å². The smallest absolute Gasteiger partial charge is 0.149 e. The molecule has 2 fully saturated rings. The van der Waals surface area contributed by atoms with E-state index >= 15 is 8.78 Å². The zero-order chi connectivity index (χ0) is 32.6. The molecule has 0 amide bonds. The van der Waals surface area contributed by atoms with E-state index in [0.29, 0.717) is 36.4 Å². The highest BCUT2D eigenvalue weighted by atomic mass is 32.2. The van der Waals surface area contributed by atoms with Gasteiger partial charge in [0.2, 0.25) is 0 Å². The number of hydrogen-bond donors (Lipinski definition) is 1. The van der Waals surface area contributed by atoms with Crippen LogP contribution in [0.1, 0.15) is 49.6 Å². The van der Waals surface area contributed by atoms with Crippen molar-refractivity contribution in [3.63, 3.8) is 0 Å². The monoisotopic (exact) mass is 654 g/mol. The van der Waals surface area contributed by atoms with Crippen LogP contribution >= 0.6 is 0 Å². The van der Waals surface area contributed by atoms with Crippen LogP contribution in [-0.2, 0) is 31.3 Å². The predicted octanol–water partition coefficient (Wildman–Crippen LogP) is 4.29. The van der Waals surface area contributed by atoms with Crippen molar-refractivity contribution in [2.24, 2.45) is 11.7 Å². The van der Waals surface area contributed by atoms with Crippen molar-refractivity contribution in [1.82, 2.24) is 19.6 Å². The van der Waals surface area contributed by atoms with Gasteiger partial charge in [0.05, 0.1) is 47.0 Å². The first-order valence-electron chi connectivity index (χ1n) is 15.6. The molecule has 1 aromatic carbocycles. The summed E-state index contributed by atoms with van der Waals surface area (Å²) in [4.78, 5) is 11.1. The summed E-state index contributed by atoms with van der Waals surface area (Å²) in [5, 5.41) is 4.64. The lowest BCUT2D eigenvalue weighted by Crippen LogP contribution is -2.57. The first-order chi connectivity index (χ1) is 22.0. The number of anilines is 1. The van der Waals surface area contributed by atoms with Gasteiger partial charge >= 0.3 is 0 Å². The van der Waals surface area contributed by atoms with Gasteiger partial charge in [-0.05, 0) is 48.7 Å². The molecule has 1 aliphatic heterocycles. The number of halogens is 2. The number of fused-ring (bicyclic) bond motifs is 1. The van der Waals surface area contributed by atoms with Crippen molar-refractivity contribution in [3.8, 4) is 11.3 Å². The summed E-state index contributed by atoms with van der Waals surface area (Å²) in [6.45, 7) is 3.31. The first kappa shape index (κ1) is 32.4. The molecule has 10 nitrogen and oxygen atoms in total. The molecule has 1 aliphatic carbocycles. The minimum absolute atomic E-state index is 0.0458. The van der Waals surface area contributed by atoms with Crippen LogP contribution in [0.3, 0.4) is 0 Å². The van der Waals surface area contributed by atoms with E-state index in [1.165, 1.54) is 18.4 Å². The molecule has 0 bridgehead atoms. The lowest BCUT2D eigenvalue weighted by molar-refractivity contribution is -0.00915. The number of aromatic nitrogens is 4. The van der Waals surface area contributed by atoms with Crippen LogP contribution in [0.4, 0.5) is 14.5 Å². The number of piperidine rings is 1. The minimum atomic E-state index is -3.13. The molecule has 0 radical (unpaired) electrons. The van der Waals surface area contributed by atoms with Gasteiger partial charge in [-0.25, -0.2) is 26.7 Å². The van der Waals surface area contributed by atoms with E-state index in [1.807, 2.05) is 13.0 Å². The third-order valence-corrected chi connectivity index (χ3v) is 10.2. The zero-order valence-electron chi connectivity index (χ0n) is 26.3. The Bertz CT molecular complexity index is 1790. The van der Waals surface area contributed by atoms with E-state index in [-0.39, 0.29) is 41.7 Å². The van der Waals surface area contributed by atoms with Crippen LogP contribution in [0, 0.1) is 17.6 Å². The van der Waals surface area contributed by atoms with E-state index in [4.69, 9.17) is 15.2 Å². The Hall–Kier alpha value is -3.52. The number of nitrogens with two attached hydrogens (primary N) is 1. The van der Waals surface area contributed by atoms with Gasteiger partial charge < -0.3 is 20.1 Å². The maximum atomic E-state index is 15.6. The average molecular weight is 655 g/mol. The van der Waals surface area contributed by atoms with Crippen molar-refractivity contribution in [2.75, 3.05) is 43.7 Å². The third kappa shape index (κ3) is 6.51. The quantitative estimate of drug-likeness (QED) is 0.267. The standard InChI is InChI=1S/C33H40F2N6O4S/c1-21-19-40(20-27(36)32(21)45-12-13-46(3,42)43)29-8-11-37-17-22(29)14-30-38-18-24-6-7-28(39-41(24)30)31-25(34)15-23(16-26(31)35)33(44-2)9-4-5-10-33/h6-8,11,15-18,21,27,32H,4-5,9-10,12-14,19-20,36H2,1-3H3/t21-,27+,32-/m0/s1. The van der Waals surface area contributed by atoms with E-state index in [0.717, 1.165) is 36.9 Å². The van der Waals surface area contributed by atoms with Gasteiger partial charge in [-0.15, -0.1) is 0 Å². The second kappa shape index (κ2) is 12.9. The van der Waals surface area contributed by atoms with Crippen LogP contribution in [-0.4, -0.2) is 79.0 Å². The van der Waals surface area contributed by atoms with E-state index in [1.54, 1.807) is 42.3 Å². The van der Waals surface area contributed by atoms with Crippen molar-refractivity contribution in [1.29, 1.82) is 0 Å². The summed E-state index contributed by atoms with van der Waals surface area (Å²) in [6, 6.07) is 7.70. The van der Waals surface area contributed by atoms with Gasteiger partial charge in [0.25, 0.3) is 0 Å². The number of methoxy groups -OCH3 is 1. The summed E-state index contributed by atoms with van der Waals surface area (Å²) in [5.41, 5.74) is 8.87. The number of sulfone groups is 1. The fourth-order valence-electron chi connectivity index (χ4n) is 6.99. The normalized spacial score (nSPS) is 21.7. The highest BCUT2D eigenvalue weighted by Gasteiger charge is 2.37.